The van der Waals surface area contributed by atoms with Gasteiger partial charge in [0.2, 0.25) is 0 Å². The van der Waals surface area contributed by atoms with E-state index in [1.807, 2.05) is 20.8 Å². The molecule has 0 aliphatic carbocycles. The SMILES string of the molecule is CC(C)(C)c1cc(NC(=O)Nc2cc(O)ccc2F)no1. The molecule has 2 aromatic rings. The molecule has 1 heterocycles. The van der Waals surface area contributed by atoms with Crippen molar-refractivity contribution >= 4 is 17.5 Å². The van der Waals surface area contributed by atoms with Gasteiger partial charge in [-0.25, -0.2) is 9.18 Å². The molecule has 0 spiro atoms. The molecule has 1 aromatic carbocycles. The number of nitrogens with zero attached hydrogens (tertiary/aromatic N) is 1. The van der Waals surface area contributed by atoms with Crippen molar-refractivity contribution in [3.8, 4) is 5.75 Å². The lowest BCUT2D eigenvalue weighted by molar-refractivity contribution is 0.261. The van der Waals surface area contributed by atoms with Gasteiger partial charge >= 0.3 is 6.03 Å². The van der Waals surface area contributed by atoms with E-state index in [9.17, 15) is 14.3 Å². The van der Waals surface area contributed by atoms with E-state index >= 15 is 0 Å². The summed E-state index contributed by atoms with van der Waals surface area (Å²) in [7, 11) is 0. The Morgan fingerprint density at radius 1 is 1.29 bits per heavy atom. The highest BCUT2D eigenvalue weighted by molar-refractivity contribution is 5.99. The molecule has 6 nitrogen and oxygen atoms in total. The molecule has 0 bridgehead atoms. The minimum absolute atomic E-state index is 0.132. The van der Waals surface area contributed by atoms with E-state index in [-0.39, 0.29) is 22.7 Å². The average Bonchev–Trinajstić information content (AvgIpc) is 2.82. The van der Waals surface area contributed by atoms with Crippen molar-refractivity contribution < 1.29 is 18.8 Å². The molecule has 0 saturated heterocycles. The van der Waals surface area contributed by atoms with E-state index in [1.54, 1.807) is 6.07 Å². The average molecular weight is 293 g/mol. The molecule has 0 fully saturated rings. The maximum absolute atomic E-state index is 13.4. The molecule has 7 heteroatoms. The van der Waals surface area contributed by atoms with Crippen LogP contribution in [0.15, 0.2) is 28.8 Å². The van der Waals surface area contributed by atoms with E-state index in [2.05, 4.69) is 15.8 Å². The lowest BCUT2D eigenvalue weighted by atomic mass is 9.93. The highest BCUT2D eigenvalue weighted by atomic mass is 19.1. The zero-order valence-corrected chi connectivity index (χ0v) is 11.9. The Morgan fingerprint density at radius 2 is 2.00 bits per heavy atom. The second-order valence-corrected chi connectivity index (χ2v) is 5.57. The molecule has 0 unspecified atom stereocenters. The van der Waals surface area contributed by atoms with Crippen molar-refractivity contribution in [2.45, 2.75) is 26.2 Å². The number of anilines is 2. The quantitative estimate of drug-likeness (QED) is 0.791. The first-order chi connectivity index (χ1) is 9.75. The Kier molecular flexibility index (Phi) is 3.84. The Hall–Kier alpha value is -2.57. The number of phenolic OH excluding ortho intramolecular Hbond substituents is 1. The minimum atomic E-state index is -0.687. The summed E-state index contributed by atoms with van der Waals surface area (Å²) in [6, 6.07) is 4.26. The van der Waals surface area contributed by atoms with Crippen molar-refractivity contribution in [2.24, 2.45) is 0 Å². The Labute approximate surface area is 120 Å². The molecule has 0 radical (unpaired) electrons. The fraction of sp³-hybridized carbons (Fsp3) is 0.286. The molecule has 3 N–H and O–H groups in total. The first-order valence-corrected chi connectivity index (χ1v) is 6.29. The third-order valence-electron chi connectivity index (χ3n) is 2.69. The number of benzene rings is 1. The van der Waals surface area contributed by atoms with Crippen LogP contribution in [0, 0.1) is 5.82 Å². The normalized spacial score (nSPS) is 11.2. The molecule has 0 atom stereocenters. The second-order valence-electron chi connectivity index (χ2n) is 5.57. The Balaban J connectivity index is 2.05. The van der Waals surface area contributed by atoms with Crippen molar-refractivity contribution in [3.05, 3.63) is 35.8 Å². The maximum Gasteiger partial charge on any atom is 0.325 e. The van der Waals surface area contributed by atoms with Crippen LogP contribution < -0.4 is 10.6 Å². The molecular formula is C14H16FN3O3. The number of hydrogen-bond donors (Lipinski definition) is 3. The van der Waals surface area contributed by atoms with Gasteiger partial charge in [-0.3, -0.25) is 5.32 Å². The van der Waals surface area contributed by atoms with Crippen LogP contribution in [0.5, 0.6) is 5.75 Å². The van der Waals surface area contributed by atoms with Gasteiger partial charge in [0.05, 0.1) is 5.69 Å². The monoisotopic (exact) mass is 293 g/mol. The molecular weight excluding hydrogens is 277 g/mol. The first-order valence-electron chi connectivity index (χ1n) is 6.29. The molecule has 0 saturated carbocycles. The number of hydrogen-bond acceptors (Lipinski definition) is 4. The van der Waals surface area contributed by atoms with Crippen LogP contribution in [-0.2, 0) is 5.41 Å². The topological polar surface area (TPSA) is 87.4 Å². The third kappa shape index (κ3) is 3.71. The molecule has 0 aliphatic heterocycles. The van der Waals surface area contributed by atoms with Crippen LogP contribution in [0.1, 0.15) is 26.5 Å². The highest BCUT2D eigenvalue weighted by Crippen LogP contribution is 2.25. The number of carbonyl (C=O) groups is 1. The summed E-state index contributed by atoms with van der Waals surface area (Å²) in [5.74, 6) is 0.0287. The van der Waals surface area contributed by atoms with Crippen LogP contribution in [0.25, 0.3) is 0 Å². The summed E-state index contributed by atoms with van der Waals surface area (Å²) in [4.78, 5) is 11.8. The second kappa shape index (κ2) is 5.43. The predicted octanol–water partition coefficient (Wildman–Crippen LogP) is 3.46. The zero-order chi connectivity index (χ0) is 15.6. The van der Waals surface area contributed by atoms with Gasteiger partial charge in [0.15, 0.2) is 5.82 Å². The molecule has 1 aromatic heterocycles. The fourth-order valence-corrected chi connectivity index (χ4v) is 1.57. The van der Waals surface area contributed by atoms with Gasteiger partial charge in [0.25, 0.3) is 0 Å². The van der Waals surface area contributed by atoms with E-state index in [1.165, 1.54) is 6.07 Å². The van der Waals surface area contributed by atoms with E-state index in [0.29, 0.717) is 5.76 Å². The summed E-state index contributed by atoms with van der Waals surface area (Å²) in [5.41, 5.74) is -0.368. The van der Waals surface area contributed by atoms with Crippen molar-refractivity contribution in [1.82, 2.24) is 5.16 Å². The van der Waals surface area contributed by atoms with Crippen LogP contribution >= 0.6 is 0 Å². The minimum Gasteiger partial charge on any atom is -0.508 e. The Morgan fingerprint density at radius 3 is 2.62 bits per heavy atom. The fourth-order valence-electron chi connectivity index (χ4n) is 1.57. The zero-order valence-electron chi connectivity index (χ0n) is 11.9. The van der Waals surface area contributed by atoms with Gasteiger partial charge in [-0.2, -0.15) is 0 Å². The highest BCUT2D eigenvalue weighted by Gasteiger charge is 2.20. The molecule has 21 heavy (non-hydrogen) atoms. The summed E-state index contributed by atoms with van der Waals surface area (Å²) >= 11 is 0. The standard InChI is InChI=1S/C14H16FN3O3/c1-14(2,3)11-7-12(18-21-11)17-13(20)16-10-6-8(19)4-5-9(10)15/h4-7,19H,1-3H3,(H2,16,17,18,20). The van der Waals surface area contributed by atoms with Gasteiger partial charge in [-0.15, -0.1) is 0 Å². The van der Waals surface area contributed by atoms with E-state index in [0.717, 1.165) is 12.1 Å². The summed E-state index contributed by atoms with van der Waals surface area (Å²) < 4.78 is 18.6. The molecule has 0 aliphatic rings. The van der Waals surface area contributed by atoms with Gasteiger partial charge < -0.3 is 14.9 Å². The number of rotatable bonds is 2. The van der Waals surface area contributed by atoms with Crippen LogP contribution in [0.4, 0.5) is 20.7 Å². The van der Waals surface area contributed by atoms with Crippen molar-refractivity contribution in [2.75, 3.05) is 10.6 Å². The lowest BCUT2D eigenvalue weighted by Gasteiger charge is -2.12. The van der Waals surface area contributed by atoms with Crippen molar-refractivity contribution in [1.29, 1.82) is 0 Å². The predicted molar refractivity (Wildman–Crippen MR) is 75.9 cm³/mol. The number of phenols is 1. The number of halogens is 1. The smallest absolute Gasteiger partial charge is 0.325 e. The summed E-state index contributed by atoms with van der Waals surface area (Å²) in [6.45, 7) is 5.83. The van der Waals surface area contributed by atoms with Gasteiger partial charge in [-0.1, -0.05) is 25.9 Å². The van der Waals surface area contributed by atoms with Crippen LogP contribution in [0.3, 0.4) is 0 Å². The number of urea groups is 1. The lowest BCUT2D eigenvalue weighted by Crippen LogP contribution is -2.20. The number of aromatic hydroxyl groups is 1. The Bertz CT molecular complexity index is 662. The number of nitrogens with one attached hydrogen (secondary N) is 2. The third-order valence-corrected chi connectivity index (χ3v) is 2.69. The van der Waals surface area contributed by atoms with E-state index < -0.39 is 11.8 Å². The van der Waals surface area contributed by atoms with Gasteiger partial charge in [0, 0.05) is 17.5 Å². The molecule has 112 valence electrons. The van der Waals surface area contributed by atoms with Gasteiger partial charge in [-0.05, 0) is 12.1 Å². The molecule has 2 rings (SSSR count). The number of aromatic nitrogens is 1. The maximum atomic E-state index is 13.4. The van der Waals surface area contributed by atoms with Crippen LogP contribution in [-0.4, -0.2) is 16.3 Å². The summed E-state index contributed by atoms with van der Waals surface area (Å²) in [6.07, 6.45) is 0. The first kappa shape index (κ1) is 14.8. The number of amides is 2. The van der Waals surface area contributed by atoms with E-state index in [4.69, 9.17) is 4.52 Å². The van der Waals surface area contributed by atoms with Crippen LogP contribution in [0.2, 0.25) is 0 Å². The largest absolute Gasteiger partial charge is 0.508 e. The van der Waals surface area contributed by atoms with Gasteiger partial charge in [0.1, 0.15) is 17.3 Å². The van der Waals surface area contributed by atoms with Crippen molar-refractivity contribution in [3.63, 3.8) is 0 Å². The molecule has 2 amide bonds. The summed E-state index contributed by atoms with van der Waals surface area (Å²) in [5, 5.41) is 17.7. The number of carbonyl (C=O) groups excluding carboxylic acids is 1.